The van der Waals surface area contributed by atoms with Crippen LogP contribution in [-0.4, -0.2) is 19.4 Å². The molecule has 0 heterocycles. The van der Waals surface area contributed by atoms with E-state index in [1.54, 1.807) is 6.08 Å². The fourth-order valence-corrected chi connectivity index (χ4v) is 0.281. The summed E-state index contributed by atoms with van der Waals surface area (Å²) in [5, 5.41) is 5.66. The molecule has 0 aliphatic carbocycles. The number of rotatable bonds is 3. The van der Waals surface area contributed by atoms with E-state index >= 15 is 0 Å². The van der Waals surface area contributed by atoms with Gasteiger partial charge in [-0.1, -0.05) is 18.2 Å². The topological polar surface area (TPSA) is 50.7 Å². The van der Waals surface area contributed by atoms with Gasteiger partial charge in [-0.3, -0.25) is 4.84 Å². The van der Waals surface area contributed by atoms with Crippen molar-refractivity contribution in [1.29, 1.82) is 0 Å². The van der Waals surface area contributed by atoms with Gasteiger partial charge in [0.1, 0.15) is 0 Å². The summed E-state index contributed by atoms with van der Waals surface area (Å²) in [6.07, 6.45) is 2.61. The molecule has 11 heavy (non-hydrogen) atoms. The van der Waals surface area contributed by atoms with E-state index in [-0.39, 0.29) is 5.92 Å². The molecule has 0 aliphatic rings. The molecule has 1 N–H and O–H groups in total. The van der Waals surface area contributed by atoms with Gasteiger partial charge in [0.15, 0.2) is 0 Å². The Balaban J connectivity index is 3.59. The lowest BCUT2D eigenvalue weighted by atomic mass is 10.2. The van der Waals surface area contributed by atoms with Gasteiger partial charge in [0.25, 0.3) is 0 Å². The molecule has 0 spiro atoms. The van der Waals surface area contributed by atoms with Gasteiger partial charge in [-0.15, -0.1) is 6.58 Å². The second-order valence-corrected chi connectivity index (χ2v) is 1.98. The summed E-state index contributed by atoms with van der Waals surface area (Å²) in [6, 6.07) is 0. The minimum absolute atomic E-state index is 0.111. The predicted molar refractivity (Wildman–Crippen MR) is 43.4 cm³/mol. The summed E-state index contributed by atoms with van der Waals surface area (Å²) < 4.78 is 0. The molecule has 0 aromatic heterocycles. The molecule has 0 aliphatic heterocycles. The first kappa shape index (κ1) is 9.68. The maximum absolute atomic E-state index is 10.4. The van der Waals surface area contributed by atoms with Crippen molar-refractivity contribution < 1.29 is 9.63 Å². The van der Waals surface area contributed by atoms with Crippen molar-refractivity contribution in [1.82, 2.24) is 5.32 Å². The first-order valence-electron chi connectivity index (χ1n) is 3.25. The third kappa shape index (κ3) is 5.14. The number of allylic oxidation sites excluding steroid dienone is 1. The van der Waals surface area contributed by atoms with E-state index in [9.17, 15) is 4.79 Å². The third-order valence-corrected chi connectivity index (χ3v) is 1.01. The molecular formula is C7H12N2O2. The summed E-state index contributed by atoms with van der Waals surface area (Å²) in [5.41, 5.74) is 0. The second kappa shape index (κ2) is 5.46. The lowest BCUT2D eigenvalue weighted by molar-refractivity contribution is 0.153. The van der Waals surface area contributed by atoms with Gasteiger partial charge in [0.05, 0.1) is 6.21 Å². The molecule has 1 atom stereocenters. The van der Waals surface area contributed by atoms with Crippen LogP contribution in [0, 0.1) is 5.92 Å². The van der Waals surface area contributed by atoms with Crippen LogP contribution in [0.25, 0.3) is 0 Å². The maximum Gasteiger partial charge on any atom is 0.433 e. The first-order chi connectivity index (χ1) is 5.20. The zero-order valence-electron chi connectivity index (χ0n) is 6.70. The number of oxime groups is 1. The lowest BCUT2D eigenvalue weighted by Crippen LogP contribution is -2.16. The Morgan fingerprint density at radius 3 is 2.91 bits per heavy atom. The van der Waals surface area contributed by atoms with E-state index in [1.807, 2.05) is 6.92 Å². The Morgan fingerprint density at radius 1 is 1.82 bits per heavy atom. The monoisotopic (exact) mass is 156 g/mol. The van der Waals surface area contributed by atoms with E-state index in [2.05, 4.69) is 21.9 Å². The minimum Gasteiger partial charge on any atom is -0.323 e. The predicted octanol–water partition coefficient (Wildman–Crippen LogP) is 1.15. The highest BCUT2D eigenvalue weighted by molar-refractivity contribution is 5.68. The van der Waals surface area contributed by atoms with Crippen LogP contribution in [0.15, 0.2) is 17.8 Å². The van der Waals surface area contributed by atoms with E-state index in [1.165, 1.54) is 13.3 Å². The van der Waals surface area contributed by atoms with E-state index < -0.39 is 6.09 Å². The van der Waals surface area contributed by atoms with E-state index in [0.717, 1.165) is 0 Å². The van der Waals surface area contributed by atoms with Crippen LogP contribution in [0.1, 0.15) is 6.92 Å². The van der Waals surface area contributed by atoms with Crippen LogP contribution in [-0.2, 0) is 4.84 Å². The molecule has 62 valence electrons. The maximum atomic E-state index is 10.4. The molecule has 0 aromatic rings. The Labute approximate surface area is 65.9 Å². The van der Waals surface area contributed by atoms with Crippen molar-refractivity contribution in [2.24, 2.45) is 11.1 Å². The molecule has 0 saturated heterocycles. The molecule has 1 unspecified atom stereocenters. The van der Waals surface area contributed by atoms with Crippen molar-refractivity contribution in [3.63, 3.8) is 0 Å². The second-order valence-electron chi connectivity index (χ2n) is 1.98. The van der Waals surface area contributed by atoms with Crippen LogP contribution < -0.4 is 5.32 Å². The molecule has 1 amide bonds. The van der Waals surface area contributed by atoms with Crippen molar-refractivity contribution in [3.8, 4) is 0 Å². The zero-order valence-corrected chi connectivity index (χ0v) is 6.70. The van der Waals surface area contributed by atoms with Gasteiger partial charge in [0.2, 0.25) is 0 Å². The number of carbonyl (C=O) groups is 1. The lowest BCUT2D eigenvalue weighted by Gasteiger charge is -1.95. The van der Waals surface area contributed by atoms with Gasteiger partial charge < -0.3 is 5.32 Å². The highest BCUT2D eigenvalue weighted by Gasteiger charge is 1.94. The molecule has 0 rings (SSSR count). The average molecular weight is 156 g/mol. The van der Waals surface area contributed by atoms with Crippen molar-refractivity contribution in [3.05, 3.63) is 12.7 Å². The number of carbonyl (C=O) groups excluding carboxylic acids is 1. The SMILES string of the molecule is C=CC(C)/C=N/OC(=O)NC. The first-order valence-corrected chi connectivity index (χ1v) is 3.25. The average Bonchev–Trinajstić information content (AvgIpc) is 2.04. The van der Waals surface area contributed by atoms with Crippen LogP contribution in [0.5, 0.6) is 0 Å². The molecule has 0 radical (unpaired) electrons. The van der Waals surface area contributed by atoms with Gasteiger partial charge in [-0.25, -0.2) is 4.79 Å². The summed E-state index contributed by atoms with van der Waals surface area (Å²) in [4.78, 5) is 14.7. The number of hydrogen-bond acceptors (Lipinski definition) is 3. The molecular weight excluding hydrogens is 144 g/mol. The summed E-state index contributed by atoms with van der Waals surface area (Å²) in [7, 11) is 1.47. The summed E-state index contributed by atoms with van der Waals surface area (Å²) in [6.45, 7) is 5.41. The molecule has 0 saturated carbocycles. The summed E-state index contributed by atoms with van der Waals surface area (Å²) >= 11 is 0. The fraction of sp³-hybridized carbons (Fsp3) is 0.429. The van der Waals surface area contributed by atoms with Gasteiger partial charge in [-0.2, -0.15) is 0 Å². The number of nitrogens with zero attached hydrogens (tertiary/aromatic N) is 1. The Kier molecular flexibility index (Phi) is 4.81. The largest absolute Gasteiger partial charge is 0.433 e. The third-order valence-electron chi connectivity index (χ3n) is 1.01. The van der Waals surface area contributed by atoms with Crippen LogP contribution in [0.2, 0.25) is 0 Å². The Hall–Kier alpha value is -1.32. The van der Waals surface area contributed by atoms with Crippen LogP contribution in [0.4, 0.5) is 4.79 Å². The molecule has 0 bridgehead atoms. The highest BCUT2D eigenvalue weighted by Crippen LogP contribution is 1.89. The van der Waals surface area contributed by atoms with Crippen LogP contribution in [0.3, 0.4) is 0 Å². The molecule has 0 fully saturated rings. The Bertz CT molecular complexity index is 166. The molecule has 0 aromatic carbocycles. The number of amides is 1. The van der Waals surface area contributed by atoms with Crippen molar-refractivity contribution >= 4 is 12.3 Å². The highest BCUT2D eigenvalue weighted by atomic mass is 16.7. The minimum atomic E-state index is -0.572. The van der Waals surface area contributed by atoms with Gasteiger partial charge >= 0.3 is 6.09 Å². The Morgan fingerprint density at radius 2 is 2.45 bits per heavy atom. The van der Waals surface area contributed by atoms with Gasteiger partial charge in [-0.05, 0) is 0 Å². The molecule has 4 heteroatoms. The standard InChI is InChI=1S/C7H12N2O2/c1-4-6(2)5-9-11-7(10)8-3/h4-6H,1H2,2-3H3,(H,8,10)/b9-5+. The fourth-order valence-electron chi connectivity index (χ4n) is 0.281. The van der Waals surface area contributed by atoms with Crippen molar-refractivity contribution in [2.75, 3.05) is 7.05 Å². The van der Waals surface area contributed by atoms with E-state index in [0.29, 0.717) is 0 Å². The van der Waals surface area contributed by atoms with Crippen molar-refractivity contribution in [2.45, 2.75) is 6.92 Å². The normalized spacial score (nSPS) is 12.5. The molecule has 4 nitrogen and oxygen atoms in total. The zero-order chi connectivity index (χ0) is 8.69. The number of hydrogen-bond donors (Lipinski definition) is 1. The van der Waals surface area contributed by atoms with E-state index in [4.69, 9.17) is 0 Å². The number of nitrogens with one attached hydrogen (secondary N) is 1. The van der Waals surface area contributed by atoms with Crippen LogP contribution >= 0.6 is 0 Å². The quantitative estimate of drug-likeness (QED) is 0.288. The van der Waals surface area contributed by atoms with Gasteiger partial charge in [0, 0.05) is 13.0 Å². The smallest absolute Gasteiger partial charge is 0.323 e. The summed E-state index contributed by atoms with van der Waals surface area (Å²) in [5.74, 6) is 0.111.